The minimum Gasteiger partial charge on any atom is -0.362 e. The number of nitriles is 1. The SMILES string of the molecule is Cc1nn(C)c(NC(C)c2cccs2)c1C#N. The highest BCUT2D eigenvalue weighted by Gasteiger charge is 2.15. The fourth-order valence-electron chi connectivity index (χ4n) is 1.77. The van der Waals surface area contributed by atoms with Crippen LogP contribution in [0.2, 0.25) is 0 Å². The van der Waals surface area contributed by atoms with Gasteiger partial charge in [0.1, 0.15) is 17.5 Å². The Morgan fingerprint density at radius 3 is 2.94 bits per heavy atom. The molecule has 0 aromatic carbocycles. The summed E-state index contributed by atoms with van der Waals surface area (Å²) in [7, 11) is 1.84. The molecule has 0 spiro atoms. The van der Waals surface area contributed by atoms with Gasteiger partial charge in [0.2, 0.25) is 0 Å². The van der Waals surface area contributed by atoms with E-state index in [0.29, 0.717) is 5.56 Å². The molecule has 17 heavy (non-hydrogen) atoms. The van der Waals surface area contributed by atoms with E-state index in [0.717, 1.165) is 11.5 Å². The zero-order valence-corrected chi connectivity index (χ0v) is 10.9. The van der Waals surface area contributed by atoms with Crippen LogP contribution in [0.5, 0.6) is 0 Å². The lowest BCUT2D eigenvalue weighted by Crippen LogP contribution is -2.09. The predicted molar refractivity (Wildman–Crippen MR) is 69.0 cm³/mol. The van der Waals surface area contributed by atoms with Gasteiger partial charge in [-0.15, -0.1) is 11.3 Å². The van der Waals surface area contributed by atoms with Crippen molar-refractivity contribution < 1.29 is 0 Å². The third-order valence-electron chi connectivity index (χ3n) is 2.66. The fourth-order valence-corrected chi connectivity index (χ4v) is 2.51. The molecule has 2 aromatic rings. The molecule has 5 heteroatoms. The Morgan fingerprint density at radius 2 is 2.35 bits per heavy atom. The van der Waals surface area contributed by atoms with Gasteiger partial charge in [-0.3, -0.25) is 4.68 Å². The molecule has 2 aromatic heterocycles. The average molecular weight is 246 g/mol. The van der Waals surface area contributed by atoms with Crippen LogP contribution >= 0.6 is 11.3 Å². The van der Waals surface area contributed by atoms with Crippen LogP contribution in [-0.4, -0.2) is 9.78 Å². The van der Waals surface area contributed by atoms with Crippen molar-refractivity contribution in [2.24, 2.45) is 7.05 Å². The van der Waals surface area contributed by atoms with Crippen LogP contribution in [-0.2, 0) is 7.05 Å². The molecule has 0 amide bonds. The van der Waals surface area contributed by atoms with Crippen molar-refractivity contribution in [3.63, 3.8) is 0 Å². The summed E-state index contributed by atoms with van der Waals surface area (Å²) >= 11 is 1.70. The van der Waals surface area contributed by atoms with Gasteiger partial charge in [-0.05, 0) is 25.3 Å². The predicted octanol–water partition coefficient (Wildman–Crippen LogP) is 2.83. The maximum absolute atomic E-state index is 9.12. The molecule has 1 unspecified atom stereocenters. The lowest BCUT2D eigenvalue weighted by molar-refractivity contribution is 0.745. The van der Waals surface area contributed by atoms with Gasteiger partial charge in [0.15, 0.2) is 0 Å². The zero-order chi connectivity index (χ0) is 12.4. The third kappa shape index (κ3) is 2.17. The van der Waals surface area contributed by atoms with Crippen molar-refractivity contribution in [1.82, 2.24) is 9.78 Å². The van der Waals surface area contributed by atoms with Crippen LogP contribution in [0.25, 0.3) is 0 Å². The molecule has 1 N–H and O–H groups in total. The number of hydrogen-bond acceptors (Lipinski definition) is 4. The summed E-state index contributed by atoms with van der Waals surface area (Å²) in [6.07, 6.45) is 0. The second-order valence-corrected chi connectivity index (χ2v) is 4.91. The van der Waals surface area contributed by atoms with Crippen LogP contribution in [0.3, 0.4) is 0 Å². The molecule has 0 aliphatic rings. The Balaban J connectivity index is 2.28. The summed E-state index contributed by atoms with van der Waals surface area (Å²) in [6, 6.07) is 6.48. The van der Waals surface area contributed by atoms with Gasteiger partial charge in [0.05, 0.1) is 11.7 Å². The van der Waals surface area contributed by atoms with Gasteiger partial charge in [-0.2, -0.15) is 10.4 Å². The molecule has 0 saturated heterocycles. The minimum absolute atomic E-state index is 0.178. The number of nitrogens with one attached hydrogen (secondary N) is 1. The van der Waals surface area contributed by atoms with Crippen molar-refractivity contribution in [3.8, 4) is 6.07 Å². The van der Waals surface area contributed by atoms with E-state index in [1.165, 1.54) is 4.88 Å². The Kier molecular flexibility index (Phi) is 3.16. The number of aromatic nitrogens is 2. The lowest BCUT2D eigenvalue weighted by Gasteiger charge is -2.13. The van der Waals surface area contributed by atoms with Crippen molar-refractivity contribution in [2.45, 2.75) is 19.9 Å². The number of rotatable bonds is 3. The molecule has 2 heterocycles. The second kappa shape index (κ2) is 4.60. The molecule has 0 saturated carbocycles. The number of nitrogens with zero attached hydrogens (tertiary/aromatic N) is 3. The van der Waals surface area contributed by atoms with Gasteiger partial charge < -0.3 is 5.32 Å². The maximum atomic E-state index is 9.12. The molecule has 2 rings (SSSR count). The quantitative estimate of drug-likeness (QED) is 0.906. The first-order valence-corrected chi connectivity index (χ1v) is 6.25. The molecule has 0 bridgehead atoms. The van der Waals surface area contributed by atoms with E-state index in [1.54, 1.807) is 16.0 Å². The molecule has 4 nitrogen and oxygen atoms in total. The van der Waals surface area contributed by atoms with Gasteiger partial charge in [0, 0.05) is 11.9 Å². The molecular weight excluding hydrogens is 232 g/mol. The Hall–Kier alpha value is -1.80. The van der Waals surface area contributed by atoms with Crippen LogP contribution in [0.1, 0.15) is 29.1 Å². The lowest BCUT2D eigenvalue weighted by atomic mass is 10.2. The van der Waals surface area contributed by atoms with Gasteiger partial charge >= 0.3 is 0 Å². The Morgan fingerprint density at radius 1 is 1.59 bits per heavy atom. The van der Waals surface area contributed by atoms with Crippen molar-refractivity contribution in [2.75, 3.05) is 5.32 Å². The first-order chi connectivity index (χ1) is 8.13. The molecular formula is C12H14N4S. The summed E-state index contributed by atoms with van der Waals surface area (Å²) in [5.74, 6) is 0.783. The highest BCUT2D eigenvalue weighted by Crippen LogP contribution is 2.25. The first-order valence-electron chi connectivity index (χ1n) is 5.37. The summed E-state index contributed by atoms with van der Waals surface area (Å²) in [5, 5.41) is 18.8. The van der Waals surface area contributed by atoms with Crippen molar-refractivity contribution in [3.05, 3.63) is 33.6 Å². The van der Waals surface area contributed by atoms with Crippen LogP contribution in [0.4, 0.5) is 5.82 Å². The fraction of sp³-hybridized carbons (Fsp3) is 0.333. The number of aryl methyl sites for hydroxylation is 2. The smallest absolute Gasteiger partial charge is 0.142 e. The van der Waals surface area contributed by atoms with E-state index >= 15 is 0 Å². The monoisotopic (exact) mass is 246 g/mol. The molecule has 0 fully saturated rings. The van der Waals surface area contributed by atoms with E-state index < -0.39 is 0 Å². The maximum Gasteiger partial charge on any atom is 0.142 e. The second-order valence-electron chi connectivity index (χ2n) is 3.93. The van der Waals surface area contributed by atoms with Crippen LogP contribution < -0.4 is 5.32 Å². The normalized spacial score (nSPS) is 12.1. The number of anilines is 1. The average Bonchev–Trinajstić information content (AvgIpc) is 2.88. The van der Waals surface area contributed by atoms with Crippen LogP contribution in [0, 0.1) is 18.3 Å². The molecule has 0 aliphatic heterocycles. The standard InChI is InChI=1S/C12H14N4S/c1-8-10(7-13)12(16(3)15-8)14-9(2)11-5-4-6-17-11/h4-6,9,14H,1-3H3. The van der Waals surface area contributed by atoms with E-state index in [9.17, 15) is 0 Å². The highest BCUT2D eigenvalue weighted by molar-refractivity contribution is 7.10. The Labute approximate surface area is 105 Å². The minimum atomic E-state index is 0.178. The van der Waals surface area contributed by atoms with E-state index in [2.05, 4.69) is 29.5 Å². The Bertz CT molecular complexity index is 548. The summed E-state index contributed by atoms with van der Waals surface area (Å²) in [5.41, 5.74) is 1.38. The van der Waals surface area contributed by atoms with Crippen molar-refractivity contribution in [1.29, 1.82) is 5.26 Å². The molecule has 0 aliphatic carbocycles. The third-order valence-corrected chi connectivity index (χ3v) is 3.71. The van der Waals surface area contributed by atoms with Gasteiger partial charge in [-0.25, -0.2) is 0 Å². The van der Waals surface area contributed by atoms with E-state index in [4.69, 9.17) is 5.26 Å². The van der Waals surface area contributed by atoms with E-state index in [-0.39, 0.29) is 6.04 Å². The topological polar surface area (TPSA) is 53.6 Å². The molecule has 1 atom stereocenters. The zero-order valence-electron chi connectivity index (χ0n) is 10.1. The van der Waals surface area contributed by atoms with Crippen LogP contribution in [0.15, 0.2) is 17.5 Å². The highest BCUT2D eigenvalue weighted by atomic mass is 32.1. The van der Waals surface area contributed by atoms with Crippen molar-refractivity contribution >= 4 is 17.2 Å². The number of thiophene rings is 1. The van der Waals surface area contributed by atoms with Gasteiger partial charge in [-0.1, -0.05) is 6.07 Å². The van der Waals surface area contributed by atoms with Gasteiger partial charge in [0.25, 0.3) is 0 Å². The largest absolute Gasteiger partial charge is 0.362 e. The number of hydrogen-bond donors (Lipinski definition) is 1. The summed E-state index contributed by atoms with van der Waals surface area (Å²) in [6.45, 7) is 3.93. The summed E-state index contributed by atoms with van der Waals surface area (Å²) in [4.78, 5) is 1.24. The van der Waals surface area contributed by atoms with E-state index in [1.807, 2.05) is 25.4 Å². The summed E-state index contributed by atoms with van der Waals surface area (Å²) < 4.78 is 1.72. The molecule has 88 valence electrons. The molecule has 0 radical (unpaired) electrons. The first kappa shape index (κ1) is 11.7.